The van der Waals surface area contributed by atoms with Gasteiger partial charge in [-0.2, -0.15) is 0 Å². The van der Waals surface area contributed by atoms with Crippen molar-refractivity contribution in [2.45, 2.75) is 40.5 Å². The predicted octanol–water partition coefficient (Wildman–Crippen LogP) is 4.47. The van der Waals surface area contributed by atoms with Gasteiger partial charge in [0.1, 0.15) is 0 Å². The fourth-order valence-electron chi connectivity index (χ4n) is 1.22. The molecule has 0 aliphatic carbocycles. The molecule has 1 aromatic carbocycles. The zero-order valence-corrected chi connectivity index (χ0v) is 10.0. The van der Waals surface area contributed by atoms with E-state index in [9.17, 15) is 0 Å². The third kappa shape index (κ3) is 11.2. The minimum atomic E-state index is 0. The number of methoxy groups -OCH3 is 1. The summed E-state index contributed by atoms with van der Waals surface area (Å²) in [6, 6.07) is 10.6. The third-order valence-corrected chi connectivity index (χ3v) is 1.91. The van der Waals surface area contributed by atoms with Crippen LogP contribution in [0.2, 0.25) is 0 Å². The Balaban J connectivity index is -0.000000399. The van der Waals surface area contributed by atoms with Crippen molar-refractivity contribution < 1.29 is 9.44 Å². The highest BCUT2D eigenvalue weighted by Crippen LogP contribution is 2.03. The van der Waals surface area contributed by atoms with Crippen LogP contribution in [0.15, 0.2) is 30.3 Å². The smallest absolute Gasteiger partial charge is 0.0462 e. The lowest BCUT2D eigenvalue weighted by atomic mass is 10.1. The summed E-state index contributed by atoms with van der Waals surface area (Å²) in [4.78, 5) is 0. The molecule has 0 unspecified atom stereocenters. The monoisotopic (exact) mass is 230 g/mol. The van der Waals surface area contributed by atoms with Gasteiger partial charge in [-0.05, 0) is 24.8 Å². The molecule has 0 saturated heterocycles. The minimum Gasteiger partial charge on any atom is -0.385 e. The highest BCUT2D eigenvalue weighted by Gasteiger charge is 1.90. The second-order valence-corrected chi connectivity index (χ2v) is 2.94. The summed E-state index contributed by atoms with van der Waals surface area (Å²) in [7, 11) is 1.75. The number of benzene rings is 1. The van der Waals surface area contributed by atoms with Gasteiger partial charge < -0.3 is 4.74 Å². The highest BCUT2D eigenvalue weighted by molar-refractivity contribution is 5.14. The third-order valence-electron chi connectivity index (χ3n) is 1.91. The van der Waals surface area contributed by atoms with Crippen LogP contribution in [-0.4, -0.2) is 13.7 Å². The lowest BCUT2D eigenvalue weighted by Gasteiger charge is -1.99. The van der Waals surface area contributed by atoms with E-state index < -0.39 is 0 Å². The van der Waals surface area contributed by atoms with Crippen molar-refractivity contribution in [1.29, 1.82) is 0 Å². The molecule has 0 aliphatic heterocycles. The van der Waals surface area contributed by atoms with E-state index in [0.29, 0.717) is 0 Å². The maximum atomic E-state index is 4.98. The van der Waals surface area contributed by atoms with Crippen LogP contribution in [0, 0.1) is 0 Å². The Morgan fingerprint density at radius 3 is 2.06 bits per heavy atom. The molecule has 0 saturated carbocycles. The normalized spacial score (nSPS) is 7.94. The maximum absolute atomic E-state index is 4.98. The summed E-state index contributed by atoms with van der Waals surface area (Å²) in [5.41, 5.74) is 1.42. The van der Waals surface area contributed by atoms with Crippen LogP contribution in [0.1, 0.15) is 39.7 Å². The van der Waals surface area contributed by atoms with Gasteiger partial charge in [-0.3, -0.25) is 4.70 Å². The Kier molecular flexibility index (Phi) is 21.2. The van der Waals surface area contributed by atoms with E-state index in [4.69, 9.17) is 4.74 Å². The standard InChI is InChI=1S/C11H16O.C2H6.CH4.FH/c1-12-10-6-5-9-11-7-3-2-4-8-11;1-2;;/h2-4,7-8H,5-6,9-10H2,1H3;1-2H3;1H4;1H. The van der Waals surface area contributed by atoms with Crippen LogP contribution in [0.3, 0.4) is 0 Å². The van der Waals surface area contributed by atoms with Gasteiger partial charge in [0.25, 0.3) is 0 Å². The Morgan fingerprint density at radius 2 is 1.56 bits per heavy atom. The first-order chi connectivity index (χ1) is 6.93. The molecule has 96 valence electrons. The van der Waals surface area contributed by atoms with Gasteiger partial charge >= 0.3 is 0 Å². The summed E-state index contributed by atoms with van der Waals surface area (Å²) in [6.07, 6.45) is 3.55. The molecular weight excluding hydrogens is 203 g/mol. The molecular formula is C14H27FO. The zero-order chi connectivity index (χ0) is 10.6. The molecule has 1 nitrogen and oxygen atoms in total. The van der Waals surface area contributed by atoms with Crippen molar-refractivity contribution in [2.24, 2.45) is 0 Å². The molecule has 1 rings (SSSR count). The molecule has 0 N–H and O–H groups in total. The first-order valence-corrected chi connectivity index (χ1v) is 5.46. The summed E-state index contributed by atoms with van der Waals surface area (Å²) in [5.74, 6) is 0. The number of halogens is 1. The topological polar surface area (TPSA) is 9.23 Å². The van der Waals surface area contributed by atoms with Gasteiger partial charge in [-0.1, -0.05) is 51.6 Å². The molecule has 0 fully saturated rings. The van der Waals surface area contributed by atoms with Crippen LogP contribution in [0.25, 0.3) is 0 Å². The lowest BCUT2D eigenvalue weighted by molar-refractivity contribution is 0.193. The predicted molar refractivity (Wildman–Crippen MR) is 71.8 cm³/mol. The van der Waals surface area contributed by atoms with Gasteiger partial charge in [-0.25, -0.2) is 0 Å². The zero-order valence-electron chi connectivity index (χ0n) is 10.0. The summed E-state index contributed by atoms with van der Waals surface area (Å²) < 4.78 is 4.98. The van der Waals surface area contributed by atoms with Crippen LogP contribution in [0.5, 0.6) is 0 Å². The largest absolute Gasteiger partial charge is 0.385 e. The molecule has 0 spiro atoms. The van der Waals surface area contributed by atoms with E-state index in [2.05, 4.69) is 30.3 Å². The molecule has 0 amide bonds. The van der Waals surface area contributed by atoms with Crippen LogP contribution < -0.4 is 0 Å². The van der Waals surface area contributed by atoms with Gasteiger partial charge in [0, 0.05) is 13.7 Å². The number of hydrogen-bond donors (Lipinski definition) is 0. The fraction of sp³-hybridized carbons (Fsp3) is 0.571. The number of aryl methyl sites for hydroxylation is 1. The average molecular weight is 230 g/mol. The van der Waals surface area contributed by atoms with E-state index in [1.54, 1.807) is 7.11 Å². The van der Waals surface area contributed by atoms with Crippen molar-refractivity contribution >= 4 is 0 Å². The van der Waals surface area contributed by atoms with E-state index in [0.717, 1.165) is 13.0 Å². The van der Waals surface area contributed by atoms with Crippen molar-refractivity contribution in [1.82, 2.24) is 0 Å². The Bertz CT molecular complexity index is 199. The number of unbranched alkanes of at least 4 members (excludes halogenated alkanes) is 1. The summed E-state index contributed by atoms with van der Waals surface area (Å²) >= 11 is 0. The van der Waals surface area contributed by atoms with E-state index in [1.165, 1.54) is 18.4 Å². The Labute approximate surface area is 100 Å². The summed E-state index contributed by atoms with van der Waals surface area (Å²) in [5, 5.41) is 0. The van der Waals surface area contributed by atoms with Crippen LogP contribution in [-0.2, 0) is 11.2 Å². The Morgan fingerprint density at radius 1 is 1.00 bits per heavy atom. The fourth-order valence-corrected chi connectivity index (χ4v) is 1.22. The average Bonchev–Trinajstić information content (AvgIpc) is 2.29. The van der Waals surface area contributed by atoms with Crippen molar-refractivity contribution in [3.8, 4) is 0 Å². The molecule has 0 aliphatic rings. The highest BCUT2D eigenvalue weighted by atomic mass is 19.0. The number of ether oxygens (including phenoxy) is 1. The quantitative estimate of drug-likeness (QED) is 0.678. The SMILES string of the molecule is C.CC.COCCCCc1ccccc1.F. The number of hydrogen-bond acceptors (Lipinski definition) is 1. The minimum absolute atomic E-state index is 0. The molecule has 2 heteroatoms. The molecule has 0 radical (unpaired) electrons. The Hall–Kier alpha value is -0.890. The number of rotatable bonds is 5. The van der Waals surface area contributed by atoms with Gasteiger partial charge in [0.05, 0.1) is 0 Å². The molecule has 1 aromatic rings. The van der Waals surface area contributed by atoms with E-state index in [-0.39, 0.29) is 12.1 Å². The van der Waals surface area contributed by atoms with Gasteiger partial charge in [-0.15, -0.1) is 0 Å². The molecule has 0 bridgehead atoms. The van der Waals surface area contributed by atoms with Gasteiger partial charge in [0.15, 0.2) is 0 Å². The van der Waals surface area contributed by atoms with Gasteiger partial charge in [0.2, 0.25) is 0 Å². The van der Waals surface area contributed by atoms with Crippen molar-refractivity contribution in [2.75, 3.05) is 13.7 Å². The second kappa shape index (κ2) is 16.5. The molecule has 0 atom stereocenters. The molecule has 16 heavy (non-hydrogen) atoms. The van der Waals surface area contributed by atoms with Crippen molar-refractivity contribution in [3.05, 3.63) is 35.9 Å². The lowest BCUT2D eigenvalue weighted by Crippen LogP contribution is -1.90. The van der Waals surface area contributed by atoms with Crippen LogP contribution >= 0.6 is 0 Å². The maximum Gasteiger partial charge on any atom is 0.0462 e. The second-order valence-electron chi connectivity index (χ2n) is 2.94. The van der Waals surface area contributed by atoms with Crippen molar-refractivity contribution in [3.63, 3.8) is 0 Å². The summed E-state index contributed by atoms with van der Waals surface area (Å²) in [6.45, 7) is 4.88. The molecule has 0 aromatic heterocycles. The van der Waals surface area contributed by atoms with Crippen LogP contribution in [0.4, 0.5) is 4.70 Å². The molecule has 0 heterocycles. The van der Waals surface area contributed by atoms with E-state index in [1.807, 2.05) is 13.8 Å². The first kappa shape index (κ1) is 20.5. The van der Waals surface area contributed by atoms with E-state index >= 15 is 0 Å². The first-order valence-electron chi connectivity index (χ1n) is 5.46.